The number of carbonyl (C=O) groups excluding carboxylic acids is 2. The Hall–Kier alpha value is -4.26. The molecule has 220 valence electrons. The number of halogens is 3. The predicted octanol–water partition coefficient (Wildman–Crippen LogP) is 3.03. The number of aromatic nitrogens is 3. The largest absolute Gasteiger partial charge is 0.484 e. The molecule has 13 heteroatoms. The summed E-state index contributed by atoms with van der Waals surface area (Å²) in [6.07, 6.45) is 2.08. The highest BCUT2D eigenvalue weighted by Gasteiger charge is 2.47. The molecule has 1 aliphatic heterocycles. The van der Waals surface area contributed by atoms with Crippen LogP contribution in [0, 0.1) is 0 Å². The van der Waals surface area contributed by atoms with Crippen molar-refractivity contribution in [3.63, 3.8) is 0 Å². The van der Waals surface area contributed by atoms with Crippen LogP contribution in [0.25, 0.3) is 5.82 Å². The van der Waals surface area contributed by atoms with E-state index in [0.717, 1.165) is 23.1 Å². The first kappa shape index (κ1) is 27.9. The van der Waals surface area contributed by atoms with Crippen LogP contribution >= 0.6 is 0 Å². The van der Waals surface area contributed by atoms with Crippen molar-refractivity contribution in [2.24, 2.45) is 4.99 Å². The minimum absolute atomic E-state index is 0.0128. The van der Waals surface area contributed by atoms with E-state index in [1.807, 2.05) is 0 Å². The number of amides is 2. The summed E-state index contributed by atoms with van der Waals surface area (Å²) in [7, 11) is 1.64. The molecule has 10 nitrogen and oxygen atoms in total. The smallest absolute Gasteiger partial charge is 0.422 e. The molecule has 42 heavy (non-hydrogen) atoms. The Morgan fingerprint density at radius 3 is 2.74 bits per heavy atom. The van der Waals surface area contributed by atoms with Crippen molar-refractivity contribution in [3.05, 3.63) is 70.2 Å². The normalized spacial score (nSPS) is 20.6. The molecular formula is C29H29F3N6O4. The molecule has 6 rings (SSSR count). The van der Waals surface area contributed by atoms with Gasteiger partial charge in [-0.2, -0.15) is 18.3 Å². The molecule has 1 atom stereocenters. The van der Waals surface area contributed by atoms with Crippen LogP contribution in [0.5, 0.6) is 5.75 Å². The zero-order chi connectivity index (χ0) is 29.7. The summed E-state index contributed by atoms with van der Waals surface area (Å²) in [5.74, 6) is -0.625. The van der Waals surface area contributed by atoms with Gasteiger partial charge >= 0.3 is 6.18 Å². The van der Waals surface area contributed by atoms with E-state index in [9.17, 15) is 27.9 Å². The third kappa shape index (κ3) is 5.13. The van der Waals surface area contributed by atoms with Gasteiger partial charge in [-0.3, -0.25) is 14.6 Å². The number of carbonyl (C=O) groups is 2. The number of ether oxygens (including phenoxy) is 1. The van der Waals surface area contributed by atoms with E-state index in [-0.39, 0.29) is 30.0 Å². The van der Waals surface area contributed by atoms with E-state index in [1.54, 1.807) is 43.7 Å². The highest BCUT2D eigenvalue weighted by Crippen LogP contribution is 2.44. The molecule has 0 unspecified atom stereocenters. The lowest BCUT2D eigenvalue weighted by Gasteiger charge is -2.36. The van der Waals surface area contributed by atoms with Gasteiger partial charge in [0, 0.05) is 38.0 Å². The van der Waals surface area contributed by atoms with Gasteiger partial charge in [0.1, 0.15) is 11.4 Å². The molecular weight excluding hydrogens is 553 g/mol. The molecule has 3 heterocycles. The van der Waals surface area contributed by atoms with E-state index in [1.165, 1.54) is 10.7 Å². The fourth-order valence-electron chi connectivity index (χ4n) is 5.94. The number of hydrogen-bond donors (Lipinski definition) is 3. The summed E-state index contributed by atoms with van der Waals surface area (Å²) in [5, 5.41) is 21.1. The fraction of sp³-hybridized carbons (Fsp3) is 0.414. The Balaban J connectivity index is 1.35. The third-order valence-electron chi connectivity index (χ3n) is 8.17. The molecule has 3 aliphatic rings. The summed E-state index contributed by atoms with van der Waals surface area (Å²) in [5.41, 5.74) is 1.02. The molecule has 1 saturated carbocycles. The molecule has 2 aliphatic carbocycles. The van der Waals surface area contributed by atoms with E-state index in [4.69, 9.17) is 9.84 Å². The van der Waals surface area contributed by atoms with Gasteiger partial charge in [0.05, 0.1) is 22.4 Å². The van der Waals surface area contributed by atoms with Crippen LogP contribution in [0.4, 0.5) is 13.2 Å². The van der Waals surface area contributed by atoms with Gasteiger partial charge in [0.25, 0.3) is 11.8 Å². The average Bonchev–Trinajstić information content (AvgIpc) is 3.48. The number of alkyl halides is 3. The summed E-state index contributed by atoms with van der Waals surface area (Å²) >= 11 is 0. The molecule has 0 saturated heterocycles. The fourth-order valence-corrected chi connectivity index (χ4v) is 5.94. The number of nitrogens with zero attached hydrogens (tertiary/aromatic N) is 4. The quantitative estimate of drug-likeness (QED) is 0.367. The molecule has 1 aromatic carbocycles. The first-order valence-electron chi connectivity index (χ1n) is 13.7. The second-order valence-corrected chi connectivity index (χ2v) is 11.1. The first-order chi connectivity index (χ1) is 20.0. The van der Waals surface area contributed by atoms with E-state index < -0.39 is 35.7 Å². The van der Waals surface area contributed by atoms with Crippen LogP contribution in [0.15, 0.2) is 41.5 Å². The Kier molecular flexibility index (Phi) is 6.79. The number of fused-ring (bicyclic) bond motifs is 3. The maximum atomic E-state index is 13.7. The number of nitrogens with one attached hydrogen (secondary N) is 2. The Labute approximate surface area is 239 Å². The lowest BCUT2D eigenvalue weighted by atomic mass is 9.80. The van der Waals surface area contributed by atoms with E-state index in [0.29, 0.717) is 37.2 Å². The van der Waals surface area contributed by atoms with Crippen molar-refractivity contribution in [2.45, 2.75) is 55.8 Å². The number of aliphatic hydroxyl groups is 1. The van der Waals surface area contributed by atoms with Crippen molar-refractivity contribution in [1.82, 2.24) is 25.4 Å². The zero-order valence-corrected chi connectivity index (χ0v) is 22.8. The third-order valence-corrected chi connectivity index (χ3v) is 8.17. The molecule has 2 amide bonds. The molecule has 0 radical (unpaired) electrons. The average molecular weight is 583 g/mol. The monoisotopic (exact) mass is 582 g/mol. The molecule has 3 aromatic rings. The highest BCUT2D eigenvalue weighted by atomic mass is 19.4. The summed E-state index contributed by atoms with van der Waals surface area (Å²) in [6, 6.07) is 8.16. The number of pyridine rings is 1. The van der Waals surface area contributed by atoms with E-state index >= 15 is 0 Å². The van der Waals surface area contributed by atoms with Gasteiger partial charge in [-0.25, -0.2) is 9.67 Å². The van der Waals surface area contributed by atoms with Crippen LogP contribution < -0.4 is 15.4 Å². The standard InChI is InChI=1S/C29H29F3N6O4/c1-33-13-17-3-6-22(34-14-17)38-24(26(40)35-15-27(41)8-2-9-27)23-21(37-38)12-28(36-25(23)39)10-7-18-11-19(4-5-20(18)28)42-16-29(30,31)32/h3-6,11,13-14,41H,2,7-10,12,15-16H2,1H3,(H,35,40)(H,36,39)/b33-13+/t28-/m0/s1. The van der Waals surface area contributed by atoms with Gasteiger partial charge in [0.15, 0.2) is 12.4 Å². The van der Waals surface area contributed by atoms with Crippen molar-refractivity contribution in [3.8, 4) is 11.6 Å². The van der Waals surface area contributed by atoms with Gasteiger partial charge in [-0.15, -0.1) is 0 Å². The van der Waals surface area contributed by atoms with Crippen LogP contribution in [0.1, 0.15) is 68.9 Å². The van der Waals surface area contributed by atoms with Gasteiger partial charge in [-0.1, -0.05) is 6.07 Å². The van der Waals surface area contributed by atoms with Gasteiger partial charge < -0.3 is 20.5 Å². The maximum Gasteiger partial charge on any atom is 0.422 e. The Morgan fingerprint density at radius 1 is 1.26 bits per heavy atom. The number of rotatable bonds is 7. The first-order valence-corrected chi connectivity index (χ1v) is 13.7. The molecule has 2 aromatic heterocycles. The number of benzene rings is 1. The summed E-state index contributed by atoms with van der Waals surface area (Å²) in [4.78, 5) is 35.7. The van der Waals surface area contributed by atoms with Crippen LogP contribution in [-0.4, -0.2) is 69.9 Å². The van der Waals surface area contributed by atoms with Gasteiger partial charge in [0.2, 0.25) is 0 Å². The minimum atomic E-state index is -4.45. The maximum absolute atomic E-state index is 13.7. The van der Waals surface area contributed by atoms with Crippen LogP contribution in [-0.2, 0) is 18.4 Å². The summed E-state index contributed by atoms with van der Waals surface area (Å²) in [6.45, 7) is -1.35. The van der Waals surface area contributed by atoms with Crippen molar-refractivity contribution in [1.29, 1.82) is 0 Å². The number of aliphatic imine (C=N–C) groups is 1. The lowest BCUT2D eigenvalue weighted by molar-refractivity contribution is -0.153. The zero-order valence-electron chi connectivity index (χ0n) is 22.8. The molecule has 1 spiro atoms. The van der Waals surface area contributed by atoms with Crippen LogP contribution in [0.2, 0.25) is 0 Å². The topological polar surface area (TPSA) is 131 Å². The van der Waals surface area contributed by atoms with Crippen LogP contribution in [0.3, 0.4) is 0 Å². The number of hydrogen-bond acceptors (Lipinski definition) is 7. The molecule has 1 fully saturated rings. The van der Waals surface area contributed by atoms with Crippen molar-refractivity contribution < 1.29 is 32.6 Å². The predicted molar refractivity (Wildman–Crippen MR) is 145 cm³/mol. The van der Waals surface area contributed by atoms with Crippen molar-refractivity contribution >= 4 is 18.0 Å². The van der Waals surface area contributed by atoms with Gasteiger partial charge in [-0.05, 0) is 67.5 Å². The number of aryl methyl sites for hydroxylation is 1. The Morgan fingerprint density at radius 2 is 2.07 bits per heavy atom. The summed E-state index contributed by atoms with van der Waals surface area (Å²) < 4.78 is 44.2. The minimum Gasteiger partial charge on any atom is -0.484 e. The second kappa shape index (κ2) is 10.2. The molecule has 3 N–H and O–H groups in total. The molecule has 0 bridgehead atoms. The Bertz CT molecular complexity index is 1580. The van der Waals surface area contributed by atoms with Crippen molar-refractivity contribution in [2.75, 3.05) is 20.2 Å². The lowest BCUT2D eigenvalue weighted by Crippen LogP contribution is -2.51. The highest BCUT2D eigenvalue weighted by molar-refractivity contribution is 6.08. The second-order valence-electron chi connectivity index (χ2n) is 11.1. The van der Waals surface area contributed by atoms with E-state index in [2.05, 4.69) is 20.6 Å². The SMILES string of the molecule is C/N=C/c1ccc(-n2nc3c(c2C(=O)NCC2(O)CCC2)C(=O)N[C@@]2(CCc4cc(OCC(F)(F)F)ccc42)C3)nc1.